The fourth-order valence-electron chi connectivity index (χ4n) is 4.68. The number of esters is 1. The van der Waals surface area contributed by atoms with Crippen molar-refractivity contribution in [2.75, 3.05) is 36.5 Å². The second-order valence-corrected chi connectivity index (χ2v) is 9.07. The Morgan fingerprint density at radius 2 is 1.79 bits per heavy atom. The lowest BCUT2D eigenvalue weighted by Crippen LogP contribution is -2.37. The zero-order valence-corrected chi connectivity index (χ0v) is 19.7. The van der Waals surface area contributed by atoms with Crippen molar-refractivity contribution in [1.82, 2.24) is 20.3 Å². The Kier molecular flexibility index (Phi) is 6.77. The molecule has 3 heterocycles. The van der Waals surface area contributed by atoms with E-state index in [1.54, 1.807) is 6.07 Å². The van der Waals surface area contributed by atoms with E-state index < -0.39 is 53.5 Å². The van der Waals surface area contributed by atoms with Gasteiger partial charge in [-0.2, -0.15) is 8.78 Å². The summed E-state index contributed by atoms with van der Waals surface area (Å²) in [5.74, 6) is -5.04. The normalized spacial score (nSPS) is 24.8. The van der Waals surface area contributed by atoms with Crippen LogP contribution < -0.4 is 15.5 Å². The Hall–Kier alpha value is -4.01. The third kappa shape index (κ3) is 5.05. The van der Waals surface area contributed by atoms with E-state index in [4.69, 9.17) is 9.57 Å². The van der Waals surface area contributed by atoms with Gasteiger partial charge >= 0.3 is 18.4 Å². The number of nitrogens with zero attached hydrogens (tertiary/aromatic N) is 4. The smallest absolute Gasteiger partial charge is 0.348 e. The van der Waals surface area contributed by atoms with Gasteiger partial charge in [-0.25, -0.2) is 28.6 Å². The van der Waals surface area contributed by atoms with Gasteiger partial charge in [0.1, 0.15) is 22.9 Å². The van der Waals surface area contributed by atoms with Gasteiger partial charge in [-0.1, -0.05) is 0 Å². The summed E-state index contributed by atoms with van der Waals surface area (Å²) in [6.45, 7) is 0.0324. The maximum atomic E-state index is 15.2. The molecule has 2 unspecified atom stereocenters. The van der Waals surface area contributed by atoms with E-state index in [9.17, 15) is 23.2 Å². The average molecular weight is 538 g/mol. The Labute approximate surface area is 213 Å². The predicted molar refractivity (Wildman–Crippen MR) is 121 cm³/mol. The monoisotopic (exact) mass is 538 g/mol. The van der Waals surface area contributed by atoms with Crippen molar-refractivity contribution in [3.63, 3.8) is 0 Å². The van der Waals surface area contributed by atoms with Crippen LogP contribution >= 0.6 is 0 Å². The minimum atomic E-state index is -3.21. The van der Waals surface area contributed by atoms with Crippen LogP contribution in [0.15, 0.2) is 30.6 Å². The third-order valence-corrected chi connectivity index (χ3v) is 6.63. The molecule has 3 atom stereocenters. The van der Waals surface area contributed by atoms with E-state index in [1.165, 1.54) is 17.3 Å². The van der Waals surface area contributed by atoms with Crippen LogP contribution in [0.4, 0.5) is 34.0 Å². The molecule has 3 fully saturated rings. The lowest BCUT2D eigenvalue weighted by atomic mass is 9.94. The molecule has 2 aromatic rings. The number of alkyl halides is 2. The number of amides is 3. The van der Waals surface area contributed by atoms with Gasteiger partial charge in [-0.15, -0.1) is 0 Å². The number of urea groups is 1. The number of nitrogens with one attached hydrogen (secondary N) is 2. The number of ether oxygens (including phenoxy) is 1. The number of carbonyl (C=O) groups excluding carboxylic acids is 3. The van der Waals surface area contributed by atoms with Gasteiger partial charge in [-0.05, 0) is 23.8 Å². The van der Waals surface area contributed by atoms with Crippen molar-refractivity contribution < 1.29 is 41.5 Å². The van der Waals surface area contributed by atoms with Crippen molar-refractivity contribution in [2.24, 2.45) is 0 Å². The third-order valence-electron chi connectivity index (χ3n) is 6.63. The topological polar surface area (TPSA) is 126 Å². The van der Waals surface area contributed by atoms with Crippen LogP contribution in [0.25, 0.3) is 0 Å². The van der Waals surface area contributed by atoms with Gasteiger partial charge < -0.3 is 15.0 Å². The summed E-state index contributed by atoms with van der Waals surface area (Å²) < 4.78 is 60.7. The summed E-state index contributed by atoms with van der Waals surface area (Å²) in [6, 6.07) is 2.21. The number of anilines is 2. The summed E-state index contributed by atoms with van der Waals surface area (Å²) in [6.07, 6.45) is -0.180. The Morgan fingerprint density at radius 3 is 2.47 bits per heavy atom. The zero-order chi connectivity index (χ0) is 27.0. The summed E-state index contributed by atoms with van der Waals surface area (Å²) >= 11 is 0. The SMILES string of the molecule is O=C(NC1C[C@]12CC(c1cc(F)c(N3CCON(C(=O)Nc4ncccn4)CC3)c(F)c1)C(=O)O2)C(F)F. The molecule has 1 aliphatic carbocycles. The Bertz CT molecular complexity index is 1230. The Morgan fingerprint density at radius 1 is 1.08 bits per heavy atom. The van der Waals surface area contributed by atoms with E-state index in [1.807, 2.05) is 0 Å². The van der Waals surface area contributed by atoms with Gasteiger partial charge in [0.15, 0.2) is 0 Å². The molecule has 0 radical (unpaired) electrons. The fourth-order valence-corrected chi connectivity index (χ4v) is 4.68. The molecule has 0 bridgehead atoms. The number of rotatable bonds is 5. The second kappa shape index (κ2) is 10.0. The lowest BCUT2D eigenvalue weighted by Gasteiger charge is -2.24. The number of hydrogen-bond acceptors (Lipinski definition) is 8. The molecule has 1 spiro atoms. The van der Waals surface area contributed by atoms with E-state index in [0.29, 0.717) is 0 Å². The van der Waals surface area contributed by atoms with Crippen LogP contribution in [0, 0.1) is 11.6 Å². The molecule has 1 saturated carbocycles. The number of aromatic nitrogens is 2. The molecule has 2 N–H and O–H groups in total. The molecule has 15 heteroatoms. The molecule has 202 valence electrons. The maximum Gasteiger partial charge on any atom is 0.348 e. The van der Waals surface area contributed by atoms with Gasteiger partial charge in [0.25, 0.3) is 5.91 Å². The molecule has 1 aromatic heterocycles. The first-order valence-corrected chi connectivity index (χ1v) is 11.7. The van der Waals surface area contributed by atoms with E-state index in [2.05, 4.69) is 20.6 Å². The molecular formula is C23H22F4N6O5. The molecule has 2 saturated heterocycles. The van der Waals surface area contributed by atoms with Crippen LogP contribution in [0.3, 0.4) is 0 Å². The molecule has 1 aromatic carbocycles. The highest BCUT2D eigenvalue weighted by atomic mass is 19.3. The van der Waals surface area contributed by atoms with Gasteiger partial charge in [0.05, 0.1) is 25.1 Å². The molecule has 2 aliphatic heterocycles. The molecule has 38 heavy (non-hydrogen) atoms. The van der Waals surface area contributed by atoms with Gasteiger partial charge in [-0.3, -0.25) is 19.7 Å². The average Bonchev–Trinajstić information content (AvgIpc) is 3.50. The second-order valence-electron chi connectivity index (χ2n) is 9.07. The predicted octanol–water partition coefficient (Wildman–Crippen LogP) is 1.96. The quantitative estimate of drug-likeness (QED) is 0.437. The highest BCUT2D eigenvalue weighted by Gasteiger charge is 2.64. The van der Waals surface area contributed by atoms with Crippen molar-refractivity contribution in [3.8, 4) is 0 Å². The summed E-state index contributed by atoms with van der Waals surface area (Å²) in [7, 11) is 0. The number of benzene rings is 1. The van der Waals surface area contributed by atoms with Crippen LogP contribution in [0.1, 0.15) is 24.3 Å². The minimum absolute atomic E-state index is 0.00893. The molecule has 11 nitrogen and oxygen atoms in total. The molecule has 3 amide bonds. The number of hydrogen-bond donors (Lipinski definition) is 2. The highest BCUT2D eigenvalue weighted by Crippen LogP contribution is 2.53. The van der Waals surface area contributed by atoms with E-state index >= 15 is 8.78 Å². The first-order chi connectivity index (χ1) is 18.2. The van der Waals surface area contributed by atoms with Crippen LogP contribution in [0.2, 0.25) is 0 Å². The van der Waals surface area contributed by atoms with Crippen LogP contribution in [-0.4, -0.2) is 77.2 Å². The van der Waals surface area contributed by atoms with Crippen molar-refractivity contribution >= 4 is 29.5 Å². The van der Waals surface area contributed by atoms with E-state index in [0.717, 1.165) is 17.2 Å². The minimum Gasteiger partial charge on any atom is -0.456 e. The number of hydroxylamine groups is 2. The van der Waals surface area contributed by atoms with E-state index in [-0.39, 0.29) is 56.3 Å². The summed E-state index contributed by atoms with van der Waals surface area (Å²) in [5, 5.41) is 5.58. The van der Waals surface area contributed by atoms with Gasteiger partial charge in [0, 0.05) is 38.3 Å². The lowest BCUT2D eigenvalue weighted by molar-refractivity contribution is -0.144. The number of halogens is 4. The maximum absolute atomic E-state index is 15.2. The summed E-state index contributed by atoms with van der Waals surface area (Å²) in [4.78, 5) is 50.7. The standard InChI is InChI=1S/C23H22F4N6O5/c24-14-8-12(13-10-23(38-20(13)35)11-16(23)30-19(34)18(26)27)9-15(25)17(14)32-4-5-33(37-7-6-32)22(36)31-21-28-2-1-3-29-21/h1-3,8-9,13,16,18H,4-7,10-11H2,(H,30,34)(H,28,29,31,36)/t13?,16?,23-/m1/s1. The fraction of sp³-hybridized carbons (Fsp3) is 0.435. The largest absolute Gasteiger partial charge is 0.456 e. The Balaban J connectivity index is 1.24. The highest BCUT2D eigenvalue weighted by molar-refractivity contribution is 5.86. The first kappa shape index (κ1) is 25.6. The first-order valence-electron chi connectivity index (χ1n) is 11.7. The van der Waals surface area contributed by atoms with Crippen LogP contribution in [0.5, 0.6) is 0 Å². The molecular weight excluding hydrogens is 516 g/mol. The molecule has 5 rings (SSSR count). The number of carbonyl (C=O) groups is 3. The zero-order valence-electron chi connectivity index (χ0n) is 19.7. The van der Waals surface area contributed by atoms with Crippen molar-refractivity contribution in [1.29, 1.82) is 0 Å². The van der Waals surface area contributed by atoms with Crippen molar-refractivity contribution in [3.05, 3.63) is 47.8 Å². The van der Waals surface area contributed by atoms with Crippen molar-refractivity contribution in [2.45, 2.75) is 36.8 Å². The summed E-state index contributed by atoms with van der Waals surface area (Å²) in [5.41, 5.74) is -1.47. The van der Waals surface area contributed by atoms with Gasteiger partial charge in [0.2, 0.25) is 5.95 Å². The molecule has 3 aliphatic rings. The van der Waals surface area contributed by atoms with Crippen LogP contribution in [-0.2, 0) is 19.2 Å².